The molecule has 130 valence electrons. The fourth-order valence-electron chi connectivity index (χ4n) is 2.95. The van der Waals surface area contributed by atoms with E-state index < -0.39 is 12.1 Å². The Morgan fingerprint density at radius 1 is 1.20 bits per heavy atom. The Bertz CT molecular complexity index is 817. The first-order chi connectivity index (χ1) is 12.1. The summed E-state index contributed by atoms with van der Waals surface area (Å²) in [5.41, 5.74) is 2.23. The molecule has 1 aliphatic rings. The van der Waals surface area contributed by atoms with E-state index in [0.717, 1.165) is 0 Å². The van der Waals surface area contributed by atoms with Gasteiger partial charge in [0.05, 0.1) is 24.0 Å². The van der Waals surface area contributed by atoms with Gasteiger partial charge in [-0.15, -0.1) is 0 Å². The minimum absolute atomic E-state index is 0.159. The van der Waals surface area contributed by atoms with Gasteiger partial charge in [0, 0.05) is 13.0 Å². The zero-order chi connectivity index (χ0) is 18.0. The van der Waals surface area contributed by atoms with Gasteiger partial charge in [-0.1, -0.05) is 18.2 Å². The van der Waals surface area contributed by atoms with Crippen LogP contribution in [-0.2, 0) is 9.53 Å². The highest BCUT2D eigenvalue weighted by atomic mass is 16.5. The first-order valence-corrected chi connectivity index (χ1v) is 7.97. The summed E-state index contributed by atoms with van der Waals surface area (Å²) >= 11 is 0. The third-order valence-electron chi connectivity index (χ3n) is 4.21. The molecule has 1 atom stereocenters. The average molecular weight is 341 g/mol. The van der Waals surface area contributed by atoms with E-state index >= 15 is 0 Å². The summed E-state index contributed by atoms with van der Waals surface area (Å²) in [5.74, 6) is -0.179. The molecule has 3 rings (SSSR count). The number of aliphatic hydroxyl groups excluding tert-OH is 1. The second-order valence-electron chi connectivity index (χ2n) is 5.70. The molecule has 25 heavy (non-hydrogen) atoms. The molecular formula is C19H19NO5. The topological polar surface area (TPSA) is 76.1 Å². The number of hydrogen-bond acceptors (Lipinski definition) is 5. The van der Waals surface area contributed by atoms with Gasteiger partial charge in [0.1, 0.15) is 5.75 Å². The largest absolute Gasteiger partial charge is 0.478 e. The van der Waals surface area contributed by atoms with Crippen molar-refractivity contribution < 1.29 is 24.2 Å². The fraction of sp³-hybridized carbons (Fsp3) is 0.263. The summed E-state index contributed by atoms with van der Waals surface area (Å²) in [7, 11) is 1.32. The number of nitrogens with zero attached hydrogens (tertiary/aromatic N) is 1. The number of para-hydroxylation sites is 2. The van der Waals surface area contributed by atoms with Crippen molar-refractivity contribution in [2.45, 2.75) is 19.4 Å². The van der Waals surface area contributed by atoms with Crippen molar-refractivity contribution in [1.82, 2.24) is 0 Å². The number of esters is 1. The van der Waals surface area contributed by atoms with Gasteiger partial charge in [0.2, 0.25) is 0 Å². The second-order valence-corrected chi connectivity index (χ2v) is 5.70. The highest BCUT2D eigenvalue weighted by Gasteiger charge is 2.36. The lowest BCUT2D eigenvalue weighted by Crippen LogP contribution is -2.44. The molecule has 6 nitrogen and oxygen atoms in total. The molecule has 1 unspecified atom stereocenters. The van der Waals surface area contributed by atoms with Crippen LogP contribution in [0.2, 0.25) is 0 Å². The SMILES string of the molecule is COC(=O)c1cccc(N2C(=O)C(CCO)Oc3ccccc32)c1C. The summed E-state index contributed by atoms with van der Waals surface area (Å²) in [4.78, 5) is 26.5. The third-order valence-corrected chi connectivity index (χ3v) is 4.21. The lowest BCUT2D eigenvalue weighted by atomic mass is 10.0. The van der Waals surface area contributed by atoms with E-state index in [2.05, 4.69) is 0 Å². The van der Waals surface area contributed by atoms with Gasteiger partial charge in [-0.25, -0.2) is 4.79 Å². The van der Waals surface area contributed by atoms with Gasteiger partial charge in [-0.3, -0.25) is 9.69 Å². The van der Waals surface area contributed by atoms with Crippen LogP contribution in [0.25, 0.3) is 0 Å². The molecule has 0 spiro atoms. The smallest absolute Gasteiger partial charge is 0.338 e. The first kappa shape index (κ1) is 17.0. The zero-order valence-corrected chi connectivity index (χ0v) is 14.1. The van der Waals surface area contributed by atoms with Crippen molar-refractivity contribution in [3.63, 3.8) is 0 Å². The number of fused-ring (bicyclic) bond motifs is 1. The van der Waals surface area contributed by atoms with Gasteiger partial charge in [-0.2, -0.15) is 0 Å². The van der Waals surface area contributed by atoms with Crippen LogP contribution in [0.5, 0.6) is 5.75 Å². The van der Waals surface area contributed by atoms with E-state index in [0.29, 0.717) is 28.3 Å². The van der Waals surface area contributed by atoms with Crippen LogP contribution < -0.4 is 9.64 Å². The fourth-order valence-corrected chi connectivity index (χ4v) is 2.95. The Balaban J connectivity index is 2.15. The highest BCUT2D eigenvalue weighted by molar-refractivity contribution is 6.07. The number of amides is 1. The number of aliphatic hydroxyl groups is 1. The third kappa shape index (κ3) is 2.96. The number of benzene rings is 2. The molecular weight excluding hydrogens is 322 g/mol. The molecule has 0 bridgehead atoms. The molecule has 0 saturated heterocycles. The molecule has 1 aliphatic heterocycles. The summed E-state index contributed by atoms with van der Waals surface area (Å²) in [6.07, 6.45) is -0.583. The predicted octanol–water partition coefficient (Wildman–Crippen LogP) is 2.59. The van der Waals surface area contributed by atoms with Gasteiger partial charge >= 0.3 is 5.97 Å². The maximum absolute atomic E-state index is 13.0. The van der Waals surface area contributed by atoms with Crippen LogP contribution in [0.15, 0.2) is 42.5 Å². The number of rotatable bonds is 4. The Morgan fingerprint density at radius 3 is 2.64 bits per heavy atom. The second kappa shape index (κ2) is 6.94. The minimum atomic E-state index is -0.777. The molecule has 1 heterocycles. The standard InChI is InChI=1S/C19H19NO5/c1-12-13(19(23)24-2)6-5-8-14(12)20-15-7-3-4-9-16(15)25-17(10-11-21)18(20)22/h3-9,17,21H,10-11H2,1-2H3. The van der Waals surface area contributed by atoms with Gasteiger partial charge in [0.15, 0.2) is 6.10 Å². The number of carbonyl (C=O) groups excluding carboxylic acids is 2. The van der Waals surface area contributed by atoms with Crippen molar-refractivity contribution in [2.24, 2.45) is 0 Å². The summed E-state index contributed by atoms with van der Waals surface area (Å²) in [6, 6.07) is 12.3. The maximum atomic E-state index is 13.0. The van der Waals surface area contributed by atoms with E-state index in [1.54, 1.807) is 42.2 Å². The maximum Gasteiger partial charge on any atom is 0.338 e. The molecule has 1 amide bonds. The Hall–Kier alpha value is -2.86. The number of hydrogen-bond donors (Lipinski definition) is 1. The van der Waals surface area contributed by atoms with Crippen LogP contribution in [0.3, 0.4) is 0 Å². The lowest BCUT2D eigenvalue weighted by molar-refractivity contribution is -0.126. The Kier molecular flexibility index (Phi) is 4.72. The number of anilines is 2. The van der Waals surface area contributed by atoms with Gasteiger partial charge < -0.3 is 14.6 Å². The van der Waals surface area contributed by atoms with Crippen molar-refractivity contribution in [3.05, 3.63) is 53.6 Å². The molecule has 0 aromatic heterocycles. The average Bonchev–Trinajstić information content (AvgIpc) is 2.63. The predicted molar refractivity (Wildman–Crippen MR) is 92.2 cm³/mol. The highest BCUT2D eigenvalue weighted by Crippen LogP contribution is 2.40. The summed E-state index contributed by atoms with van der Waals surface area (Å²) < 4.78 is 10.5. The molecule has 0 aliphatic carbocycles. The van der Waals surface area contributed by atoms with E-state index in [1.807, 2.05) is 12.1 Å². The summed E-state index contributed by atoms with van der Waals surface area (Å²) in [6.45, 7) is 1.61. The molecule has 0 saturated carbocycles. The molecule has 6 heteroatoms. The van der Waals surface area contributed by atoms with E-state index in [4.69, 9.17) is 9.47 Å². The van der Waals surface area contributed by atoms with E-state index in [9.17, 15) is 14.7 Å². The minimum Gasteiger partial charge on any atom is -0.478 e. The monoisotopic (exact) mass is 341 g/mol. The van der Waals surface area contributed by atoms with Crippen molar-refractivity contribution in [2.75, 3.05) is 18.6 Å². The number of carbonyl (C=O) groups is 2. The first-order valence-electron chi connectivity index (χ1n) is 7.97. The molecule has 0 fully saturated rings. The van der Waals surface area contributed by atoms with Crippen LogP contribution in [0.4, 0.5) is 11.4 Å². The lowest BCUT2D eigenvalue weighted by Gasteiger charge is -2.35. The van der Waals surface area contributed by atoms with Gasteiger partial charge in [-0.05, 0) is 36.8 Å². The van der Waals surface area contributed by atoms with Crippen molar-refractivity contribution in [3.8, 4) is 5.75 Å². The summed E-state index contributed by atoms with van der Waals surface area (Å²) in [5, 5.41) is 9.23. The van der Waals surface area contributed by atoms with Crippen LogP contribution in [0.1, 0.15) is 22.3 Å². The quantitative estimate of drug-likeness (QED) is 0.865. The molecule has 0 radical (unpaired) electrons. The normalized spacial score (nSPS) is 16.2. The number of methoxy groups -OCH3 is 1. The van der Waals surface area contributed by atoms with E-state index in [1.165, 1.54) is 7.11 Å². The van der Waals surface area contributed by atoms with Crippen LogP contribution in [0, 0.1) is 6.92 Å². The van der Waals surface area contributed by atoms with Crippen LogP contribution in [-0.4, -0.2) is 36.8 Å². The zero-order valence-electron chi connectivity index (χ0n) is 14.1. The Morgan fingerprint density at radius 2 is 1.92 bits per heavy atom. The molecule has 2 aromatic rings. The van der Waals surface area contributed by atoms with E-state index in [-0.39, 0.29) is 18.9 Å². The van der Waals surface area contributed by atoms with Gasteiger partial charge in [0.25, 0.3) is 5.91 Å². The van der Waals surface area contributed by atoms with Crippen molar-refractivity contribution >= 4 is 23.3 Å². The van der Waals surface area contributed by atoms with Crippen molar-refractivity contribution in [1.29, 1.82) is 0 Å². The van der Waals surface area contributed by atoms with Crippen LogP contribution >= 0.6 is 0 Å². The Labute approximate surface area is 145 Å². The molecule has 1 N–H and O–H groups in total. The molecule has 2 aromatic carbocycles. The number of ether oxygens (including phenoxy) is 2.